The van der Waals surface area contributed by atoms with Crippen molar-refractivity contribution in [2.24, 2.45) is 0 Å². The van der Waals surface area contributed by atoms with E-state index in [1.165, 1.54) is 6.20 Å². The molecule has 162 valence electrons. The molecule has 2 heterocycles. The van der Waals surface area contributed by atoms with Gasteiger partial charge in [0.25, 0.3) is 5.91 Å². The maximum atomic E-state index is 12.3. The topological polar surface area (TPSA) is 86.2 Å². The summed E-state index contributed by atoms with van der Waals surface area (Å²) in [6.07, 6.45) is 2.47. The summed E-state index contributed by atoms with van der Waals surface area (Å²) in [5.41, 5.74) is 2.21. The van der Waals surface area contributed by atoms with Crippen LogP contribution in [0.25, 0.3) is 11.0 Å². The van der Waals surface area contributed by atoms with E-state index in [0.717, 1.165) is 5.56 Å². The number of nitrogens with zero attached hydrogens (tertiary/aromatic N) is 3. The second-order valence-electron chi connectivity index (χ2n) is 6.88. The molecule has 0 aliphatic heterocycles. The summed E-state index contributed by atoms with van der Waals surface area (Å²) >= 11 is 11.7. The Hall–Kier alpha value is -3.42. The summed E-state index contributed by atoms with van der Waals surface area (Å²) < 4.78 is 11.5. The first kappa shape index (κ1) is 21.8. The van der Waals surface area contributed by atoms with Crippen LogP contribution in [0.2, 0.25) is 10.2 Å². The third-order valence-electron chi connectivity index (χ3n) is 4.47. The zero-order valence-corrected chi connectivity index (χ0v) is 18.5. The summed E-state index contributed by atoms with van der Waals surface area (Å²) in [6, 6.07) is 15.6. The summed E-state index contributed by atoms with van der Waals surface area (Å²) in [5, 5.41) is 3.81. The molecule has 0 radical (unpaired) electrons. The molecule has 1 N–H and O–H groups in total. The molecule has 1 atom stereocenters. The van der Waals surface area contributed by atoms with E-state index >= 15 is 0 Å². The van der Waals surface area contributed by atoms with Crippen LogP contribution in [-0.4, -0.2) is 27.0 Å². The minimum absolute atomic E-state index is 0.244. The lowest BCUT2D eigenvalue weighted by Crippen LogP contribution is -2.35. The Labute approximate surface area is 194 Å². The van der Waals surface area contributed by atoms with Crippen molar-refractivity contribution in [3.8, 4) is 17.4 Å². The van der Waals surface area contributed by atoms with Crippen molar-refractivity contribution in [3.05, 3.63) is 82.7 Å². The van der Waals surface area contributed by atoms with Crippen LogP contribution < -0.4 is 14.8 Å². The number of pyridine rings is 1. The molecule has 1 amide bonds. The number of amides is 1. The predicted molar refractivity (Wildman–Crippen MR) is 122 cm³/mol. The van der Waals surface area contributed by atoms with Gasteiger partial charge in [0.15, 0.2) is 6.10 Å². The number of aromatic nitrogens is 3. The molecule has 0 spiro atoms. The van der Waals surface area contributed by atoms with Crippen LogP contribution in [0.3, 0.4) is 0 Å². The van der Waals surface area contributed by atoms with Crippen LogP contribution in [0.5, 0.6) is 17.4 Å². The van der Waals surface area contributed by atoms with Gasteiger partial charge in [-0.15, -0.1) is 0 Å². The second-order valence-corrected chi connectivity index (χ2v) is 7.71. The number of ether oxygens (including phenoxy) is 2. The zero-order valence-electron chi connectivity index (χ0n) is 17.0. The molecule has 0 bridgehead atoms. The number of carbonyl (C=O) groups excluding carboxylic acids is 1. The Morgan fingerprint density at radius 1 is 0.969 bits per heavy atom. The average Bonchev–Trinajstić information content (AvgIpc) is 2.80. The number of nitrogens with one attached hydrogen (secondary N) is 1. The van der Waals surface area contributed by atoms with Crippen molar-refractivity contribution in [3.63, 3.8) is 0 Å². The van der Waals surface area contributed by atoms with Gasteiger partial charge in [0.1, 0.15) is 16.7 Å². The van der Waals surface area contributed by atoms with Gasteiger partial charge >= 0.3 is 0 Å². The van der Waals surface area contributed by atoms with Crippen molar-refractivity contribution in [2.75, 3.05) is 0 Å². The highest BCUT2D eigenvalue weighted by Crippen LogP contribution is 2.25. The molecule has 0 aliphatic carbocycles. The molecule has 2 aromatic heterocycles. The fourth-order valence-electron chi connectivity index (χ4n) is 2.82. The molecule has 4 aromatic rings. The van der Waals surface area contributed by atoms with E-state index in [4.69, 9.17) is 32.7 Å². The highest BCUT2D eigenvalue weighted by Gasteiger charge is 2.14. The molecule has 4 rings (SSSR count). The van der Waals surface area contributed by atoms with Crippen molar-refractivity contribution in [2.45, 2.75) is 19.6 Å². The molecule has 0 fully saturated rings. The Bertz CT molecular complexity index is 1230. The number of benzene rings is 2. The Morgan fingerprint density at radius 2 is 1.75 bits per heavy atom. The SMILES string of the molecule is C[C@@H](Oc1ccc(Oc2cnc3cc(Cl)ccc3n2)cc1)C(=O)NCc1ccc(Cl)nc1. The fourth-order valence-corrected chi connectivity index (χ4v) is 3.10. The van der Waals surface area contributed by atoms with Crippen LogP contribution in [0, 0.1) is 0 Å². The molecule has 9 heteroatoms. The molecule has 7 nitrogen and oxygen atoms in total. The van der Waals surface area contributed by atoms with Crippen LogP contribution in [0.1, 0.15) is 12.5 Å². The Morgan fingerprint density at radius 3 is 2.50 bits per heavy atom. The van der Waals surface area contributed by atoms with Crippen LogP contribution in [0.4, 0.5) is 0 Å². The van der Waals surface area contributed by atoms with E-state index < -0.39 is 6.10 Å². The first-order valence-electron chi connectivity index (χ1n) is 9.71. The van der Waals surface area contributed by atoms with E-state index in [1.54, 1.807) is 67.7 Å². The predicted octanol–water partition coefficient (Wildman–Crippen LogP) is 5.21. The highest BCUT2D eigenvalue weighted by molar-refractivity contribution is 6.31. The number of hydrogen-bond acceptors (Lipinski definition) is 6. The van der Waals surface area contributed by atoms with E-state index in [2.05, 4.69) is 20.3 Å². The molecule has 0 unspecified atom stereocenters. The fraction of sp³-hybridized carbons (Fsp3) is 0.130. The Balaban J connectivity index is 1.32. The van der Waals surface area contributed by atoms with Crippen molar-refractivity contribution in [1.29, 1.82) is 0 Å². The number of rotatable bonds is 7. The maximum absolute atomic E-state index is 12.3. The number of carbonyl (C=O) groups is 1. The monoisotopic (exact) mass is 468 g/mol. The minimum Gasteiger partial charge on any atom is -0.481 e. The van der Waals surface area contributed by atoms with Gasteiger partial charge in [-0.05, 0) is 61.0 Å². The number of halogens is 2. The molecular weight excluding hydrogens is 451 g/mol. The van der Waals surface area contributed by atoms with Gasteiger partial charge in [0.05, 0.1) is 17.2 Å². The van der Waals surface area contributed by atoms with Crippen molar-refractivity contribution < 1.29 is 14.3 Å². The lowest BCUT2D eigenvalue weighted by atomic mass is 10.2. The van der Waals surface area contributed by atoms with E-state index in [0.29, 0.717) is 45.1 Å². The van der Waals surface area contributed by atoms with Gasteiger partial charge in [0.2, 0.25) is 5.88 Å². The lowest BCUT2D eigenvalue weighted by Gasteiger charge is -2.15. The number of fused-ring (bicyclic) bond motifs is 1. The van der Waals surface area contributed by atoms with Crippen LogP contribution in [0.15, 0.2) is 67.0 Å². The molecular formula is C23H18Cl2N4O3. The lowest BCUT2D eigenvalue weighted by molar-refractivity contribution is -0.127. The summed E-state index contributed by atoms with van der Waals surface area (Å²) in [4.78, 5) is 25.0. The van der Waals surface area contributed by atoms with Gasteiger partial charge in [-0.1, -0.05) is 29.3 Å². The third kappa shape index (κ3) is 5.63. The average molecular weight is 469 g/mol. The molecule has 2 aromatic carbocycles. The molecule has 0 saturated heterocycles. The van der Waals surface area contributed by atoms with Gasteiger partial charge in [0, 0.05) is 17.8 Å². The highest BCUT2D eigenvalue weighted by atomic mass is 35.5. The van der Waals surface area contributed by atoms with E-state index in [-0.39, 0.29) is 5.91 Å². The minimum atomic E-state index is -0.680. The smallest absolute Gasteiger partial charge is 0.261 e. The van der Waals surface area contributed by atoms with E-state index in [1.807, 2.05) is 0 Å². The standard InChI is InChI=1S/C23H18Cl2N4O3/c1-14(23(30)28-12-15-2-9-21(25)27-11-15)31-17-4-6-18(7-5-17)32-22-13-26-20-10-16(24)3-8-19(20)29-22/h2-11,13-14H,12H2,1H3,(H,28,30)/t14-/m1/s1. The first-order valence-corrected chi connectivity index (χ1v) is 10.5. The summed E-state index contributed by atoms with van der Waals surface area (Å²) in [5.74, 6) is 1.21. The molecule has 0 aliphatic rings. The number of hydrogen-bond donors (Lipinski definition) is 1. The quantitative estimate of drug-likeness (QED) is 0.374. The third-order valence-corrected chi connectivity index (χ3v) is 4.92. The van der Waals surface area contributed by atoms with Gasteiger partial charge in [-0.25, -0.2) is 15.0 Å². The second kappa shape index (κ2) is 9.80. The summed E-state index contributed by atoms with van der Waals surface area (Å²) in [7, 11) is 0. The first-order chi connectivity index (χ1) is 15.5. The largest absolute Gasteiger partial charge is 0.481 e. The van der Waals surface area contributed by atoms with Crippen LogP contribution in [-0.2, 0) is 11.3 Å². The van der Waals surface area contributed by atoms with Gasteiger partial charge < -0.3 is 14.8 Å². The van der Waals surface area contributed by atoms with Crippen LogP contribution >= 0.6 is 23.2 Å². The molecule has 32 heavy (non-hydrogen) atoms. The zero-order chi connectivity index (χ0) is 22.5. The normalized spacial score (nSPS) is 11.7. The van der Waals surface area contributed by atoms with Gasteiger partial charge in [-0.2, -0.15) is 0 Å². The molecule has 0 saturated carbocycles. The summed E-state index contributed by atoms with van der Waals surface area (Å²) in [6.45, 7) is 2.01. The van der Waals surface area contributed by atoms with Gasteiger partial charge in [-0.3, -0.25) is 4.79 Å². The maximum Gasteiger partial charge on any atom is 0.261 e. The van der Waals surface area contributed by atoms with Crippen molar-refractivity contribution in [1.82, 2.24) is 20.3 Å². The Kier molecular flexibility index (Phi) is 6.68. The van der Waals surface area contributed by atoms with E-state index in [9.17, 15) is 4.79 Å². The van der Waals surface area contributed by atoms with Crippen molar-refractivity contribution >= 4 is 40.1 Å².